The van der Waals surface area contributed by atoms with E-state index in [1.54, 1.807) is 30.5 Å². The Morgan fingerprint density at radius 1 is 1.23 bits per heavy atom. The van der Waals surface area contributed by atoms with E-state index in [0.29, 0.717) is 37.0 Å². The second-order valence-corrected chi connectivity index (χ2v) is 6.49. The number of amides is 1. The van der Waals surface area contributed by atoms with Crippen LogP contribution in [0.4, 0.5) is 11.4 Å². The van der Waals surface area contributed by atoms with Crippen molar-refractivity contribution in [2.24, 2.45) is 7.05 Å². The van der Waals surface area contributed by atoms with Crippen molar-refractivity contribution >= 4 is 17.3 Å². The SMILES string of the molecule is Cn1ccnc1COc1ccc(NC(=O)c2cc3c(cc2[N+](=O)[O-])OCCO3)cc1. The van der Waals surface area contributed by atoms with Gasteiger partial charge in [0, 0.05) is 31.2 Å². The number of hydrogen-bond acceptors (Lipinski definition) is 7. The van der Waals surface area contributed by atoms with Crippen LogP contribution in [0.3, 0.4) is 0 Å². The zero-order valence-electron chi connectivity index (χ0n) is 16.0. The lowest BCUT2D eigenvalue weighted by Crippen LogP contribution is -2.18. The van der Waals surface area contributed by atoms with E-state index in [4.69, 9.17) is 14.2 Å². The predicted octanol–water partition coefficient (Wildman–Crippen LogP) is 2.93. The number of rotatable bonds is 6. The van der Waals surface area contributed by atoms with E-state index in [-0.39, 0.29) is 17.0 Å². The maximum Gasteiger partial charge on any atom is 0.286 e. The zero-order chi connectivity index (χ0) is 21.1. The van der Waals surface area contributed by atoms with Crippen LogP contribution in [0, 0.1) is 10.1 Å². The van der Waals surface area contributed by atoms with Gasteiger partial charge in [-0.05, 0) is 24.3 Å². The first-order valence-corrected chi connectivity index (χ1v) is 9.10. The number of carbonyl (C=O) groups excluding carboxylic acids is 1. The number of nitrogens with zero attached hydrogens (tertiary/aromatic N) is 3. The highest BCUT2D eigenvalue weighted by molar-refractivity contribution is 6.07. The predicted molar refractivity (Wildman–Crippen MR) is 106 cm³/mol. The van der Waals surface area contributed by atoms with Gasteiger partial charge < -0.3 is 24.1 Å². The average molecular weight is 410 g/mol. The molecule has 30 heavy (non-hydrogen) atoms. The number of aromatic nitrogens is 2. The molecule has 10 heteroatoms. The van der Waals surface area contributed by atoms with Gasteiger partial charge in [0.15, 0.2) is 11.5 Å². The van der Waals surface area contributed by atoms with Gasteiger partial charge in [0.25, 0.3) is 11.6 Å². The third kappa shape index (κ3) is 4.02. The molecule has 2 aromatic carbocycles. The molecule has 1 amide bonds. The number of imidazole rings is 1. The lowest BCUT2D eigenvalue weighted by atomic mass is 10.1. The summed E-state index contributed by atoms with van der Waals surface area (Å²) in [7, 11) is 1.88. The van der Waals surface area contributed by atoms with Gasteiger partial charge in [-0.1, -0.05) is 0 Å². The first-order valence-electron chi connectivity index (χ1n) is 9.10. The Balaban J connectivity index is 1.47. The van der Waals surface area contributed by atoms with Gasteiger partial charge in [0.1, 0.15) is 37.0 Å². The summed E-state index contributed by atoms with van der Waals surface area (Å²) in [4.78, 5) is 27.6. The molecule has 0 saturated carbocycles. The minimum atomic E-state index is -0.625. The largest absolute Gasteiger partial charge is 0.486 e. The van der Waals surface area contributed by atoms with Crippen LogP contribution in [0.25, 0.3) is 0 Å². The molecule has 3 aromatic rings. The molecular weight excluding hydrogens is 392 g/mol. The number of fused-ring (bicyclic) bond motifs is 1. The topological polar surface area (TPSA) is 118 Å². The monoisotopic (exact) mass is 410 g/mol. The van der Waals surface area contributed by atoms with Crippen LogP contribution in [-0.4, -0.2) is 33.6 Å². The number of carbonyl (C=O) groups is 1. The molecule has 4 rings (SSSR count). The van der Waals surface area contributed by atoms with E-state index in [9.17, 15) is 14.9 Å². The number of nitrogens with one attached hydrogen (secondary N) is 1. The van der Waals surface area contributed by atoms with Gasteiger partial charge in [0.2, 0.25) is 0 Å². The molecule has 0 bridgehead atoms. The number of nitro groups is 1. The molecule has 1 aliphatic heterocycles. The van der Waals surface area contributed by atoms with Crippen molar-refractivity contribution < 1.29 is 23.9 Å². The van der Waals surface area contributed by atoms with Gasteiger partial charge in [-0.2, -0.15) is 0 Å². The van der Waals surface area contributed by atoms with Gasteiger partial charge in [-0.3, -0.25) is 14.9 Å². The van der Waals surface area contributed by atoms with Crippen LogP contribution < -0.4 is 19.5 Å². The molecule has 1 aromatic heterocycles. The van der Waals surface area contributed by atoms with E-state index in [0.717, 1.165) is 5.82 Å². The average Bonchev–Trinajstić information content (AvgIpc) is 3.17. The highest BCUT2D eigenvalue weighted by atomic mass is 16.6. The Labute approximate surface area is 171 Å². The minimum absolute atomic E-state index is 0.112. The normalized spacial score (nSPS) is 12.3. The maximum absolute atomic E-state index is 12.7. The minimum Gasteiger partial charge on any atom is -0.486 e. The summed E-state index contributed by atoms with van der Waals surface area (Å²) >= 11 is 0. The van der Waals surface area contributed by atoms with Crippen molar-refractivity contribution in [2.45, 2.75) is 6.61 Å². The molecule has 1 aliphatic rings. The van der Waals surface area contributed by atoms with Crippen LogP contribution in [0.1, 0.15) is 16.2 Å². The first kappa shape index (κ1) is 19.2. The number of aryl methyl sites for hydroxylation is 1. The number of ether oxygens (including phenoxy) is 3. The Morgan fingerprint density at radius 3 is 2.57 bits per heavy atom. The maximum atomic E-state index is 12.7. The fraction of sp³-hybridized carbons (Fsp3) is 0.200. The van der Waals surface area contributed by atoms with Gasteiger partial charge in [-0.25, -0.2) is 4.98 Å². The molecule has 0 atom stereocenters. The van der Waals surface area contributed by atoms with E-state index >= 15 is 0 Å². The quantitative estimate of drug-likeness (QED) is 0.490. The Morgan fingerprint density at radius 2 is 1.93 bits per heavy atom. The molecular formula is C20H18N4O6. The second kappa shape index (κ2) is 8.11. The highest BCUT2D eigenvalue weighted by Crippen LogP contribution is 2.36. The highest BCUT2D eigenvalue weighted by Gasteiger charge is 2.26. The van der Waals surface area contributed by atoms with Crippen LogP contribution in [0.2, 0.25) is 0 Å². The van der Waals surface area contributed by atoms with Crippen molar-refractivity contribution in [3.8, 4) is 17.2 Å². The molecule has 0 spiro atoms. The Hall–Kier alpha value is -4.08. The molecule has 0 radical (unpaired) electrons. The fourth-order valence-corrected chi connectivity index (χ4v) is 2.93. The number of anilines is 1. The van der Waals surface area contributed by atoms with Gasteiger partial charge >= 0.3 is 0 Å². The summed E-state index contributed by atoms with van der Waals surface area (Å²) in [6.07, 6.45) is 3.52. The van der Waals surface area contributed by atoms with E-state index < -0.39 is 10.8 Å². The summed E-state index contributed by atoms with van der Waals surface area (Å²) in [5, 5.41) is 14.1. The third-order valence-electron chi connectivity index (χ3n) is 4.50. The molecule has 0 fully saturated rings. The third-order valence-corrected chi connectivity index (χ3v) is 4.50. The number of hydrogen-bond donors (Lipinski definition) is 1. The van der Waals surface area contributed by atoms with Crippen molar-refractivity contribution in [1.29, 1.82) is 0 Å². The summed E-state index contributed by atoms with van der Waals surface area (Å²) in [5.41, 5.74) is -0.000316. The van der Waals surface area contributed by atoms with Gasteiger partial charge in [0.05, 0.1) is 11.0 Å². The lowest BCUT2D eigenvalue weighted by Gasteiger charge is -2.18. The second-order valence-electron chi connectivity index (χ2n) is 6.49. The number of benzene rings is 2. The summed E-state index contributed by atoms with van der Waals surface area (Å²) in [6, 6.07) is 9.21. The van der Waals surface area contributed by atoms with Crippen LogP contribution in [-0.2, 0) is 13.7 Å². The van der Waals surface area contributed by atoms with Crippen molar-refractivity contribution in [2.75, 3.05) is 18.5 Å². The fourth-order valence-electron chi connectivity index (χ4n) is 2.93. The molecule has 2 heterocycles. The molecule has 0 aliphatic carbocycles. The Bertz CT molecular complexity index is 1090. The van der Waals surface area contributed by atoms with E-state index in [2.05, 4.69) is 10.3 Å². The molecule has 0 saturated heterocycles. The molecule has 10 nitrogen and oxygen atoms in total. The van der Waals surface area contributed by atoms with E-state index in [1.807, 2.05) is 17.8 Å². The van der Waals surface area contributed by atoms with Crippen LogP contribution in [0.15, 0.2) is 48.8 Å². The molecule has 1 N–H and O–H groups in total. The summed E-state index contributed by atoms with van der Waals surface area (Å²) < 4.78 is 18.3. The van der Waals surface area contributed by atoms with Crippen LogP contribution in [0.5, 0.6) is 17.2 Å². The van der Waals surface area contributed by atoms with Crippen molar-refractivity contribution in [3.05, 3.63) is 70.3 Å². The zero-order valence-corrected chi connectivity index (χ0v) is 16.0. The van der Waals surface area contributed by atoms with E-state index in [1.165, 1.54) is 12.1 Å². The first-order chi connectivity index (χ1) is 14.5. The molecule has 154 valence electrons. The Kier molecular flexibility index (Phi) is 5.21. The van der Waals surface area contributed by atoms with Crippen LogP contribution >= 0.6 is 0 Å². The van der Waals surface area contributed by atoms with Crippen molar-refractivity contribution in [3.63, 3.8) is 0 Å². The molecule has 0 unspecified atom stereocenters. The summed E-state index contributed by atoms with van der Waals surface area (Å²) in [6.45, 7) is 0.911. The lowest BCUT2D eigenvalue weighted by molar-refractivity contribution is -0.385. The van der Waals surface area contributed by atoms with Crippen molar-refractivity contribution in [1.82, 2.24) is 9.55 Å². The van der Waals surface area contributed by atoms with Gasteiger partial charge in [-0.15, -0.1) is 0 Å². The number of nitro benzene ring substituents is 1. The smallest absolute Gasteiger partial charge is 0.286 e. The standard InChI is InChI=1S/C20H18N4O6/c1-23-7-6-21-19(23)12-30-14-4-2-13(3-5-14)22-20(25)15-10-17-18(29-9-8-28-17)11-16(15)24(26)27/h2-7,10-11H,8-9,12H2,1H3,(H,22,25). The summed E-state index contributed by atoms with van der Waals surface area (Å²) in [5.74, 6) is 1.30.